The van der Waals surface area contributed by atoms with E-state index in [9.17, 15) is 18.3 Å². The third kappa shape index (κ3) is 2.57. The molecule has 21 heavy (non-hydrogen) atoms. The summed E-state index contributed by atoms with van der Waals surface area (Å²) in [6.45, 7) is 0. The maximum absolute atomic E-state index is 11.5. The molecule has 1 aromatic rings. The van der Waals surface area contributed by atoms with Crippen molar-refractivity contribution in [3.05, 3.63) is 17.2 Å². The molecule has 8 heteroatoms. The second-order valence-corrected chi connectivity index (χ2v) is 8.13. The molecule has 1 saturated heterocycles. The van der Waals surface area contributed by atoms with Crippen LogP contribution in [0, 0.1) is 0 Å². The van der Waals surface area contributed by atoms with Crippen LogP contribution in [-0.2, 0) is 16.3 Å². The molecule has 0 aliphatic carbocycles. The van der Waals surface area contributed by atoms with Crippen molar-refractivity contribution in [3.8, 4) is 0 Å². The molecule has 1 aromatic heterocycles. The number of rotatable bonds is 2. The van der Waals surface area contributed by atoms with Gasteiger partial charge in [-0.2, -0.15) is 0 Å². The Labute approximate surface area is 123 Å². The summed E-state index contributed by atoms with van der Waals surface area (Å²) >= 11 is 0. The van der Waals surface area contributed by atoms with E-state index in [0.29, 0.717) is 30.8 Å². The Bertz CT molecular complexity index is 666. The number of hydrogen-bond acceptors (Lipinski definition) is 5. The number of carboxylic acid groups (broad SMARTS) is 1. The van der Waals surface area contributed by atoms with Crippen LogP contribution in [0.4, 0.5) is 0 Å². The first-order valence-electron chi connectivity index (χ1n) is 7.19. The van der Waals surface area contributed by atoms with Gasteiger partial charge in [0.2, 0.25) is 0 Å². The smallest absolute Gasteiger partial charge is 0.356 e. The van der Waals surface area contributed by atoms with E-state index in [-0.39, 0.29) is 29.3 Å². The standard InChI is InChI=1S/C13H19N3O4S/c14-10-3-1-2-9-11(13(17)18)15-12(16(9)10)8-4-6-21(19,20)7-5-8/h8,10H,1-7,14H2,(H,17,18). The molecule has 0 aromatic carbocycles. The maximum atomic E-state index is 11.5. The zero-order chi connectivity index (χ0) is 15.2. The molecule has 0 radical (unpaired) electrons. The van der Waals surface area contributed by atoms with Crippen LogP contribution in [0.2, 0.25) is 0 Å². The number of carboxylic acids is 1. The van der Waals surface area contributed by atoms with Gasteiger partial charge in [-0.1, -0.05) is 0 Å². The third-order valence-electron chi connectivity index (χ3n) is 4.40. The van der Waals surface area contributed by atoms with Crippen LogP contribution >= 0.6 is 0 Å². The first-order valence-corrected chi connectivity index (χ1v) is 9.01. The van der Waals surface area contributed by atoms with Gasteiger partial charge in [0.05, 0.1) is 23.4 Å². The highest BCUT2D eigenvalue weighted by atomic mass is 32.2. The Morgan fingerprint density at radius 3 is 2.57 bits per heavy atom. The lowest BCUT2D eigenvalue weighted by molar-refractivity contribution is 0.0689. The molecular formula is C13H19N3O4S. The average molecular weight is 313 g/mol. The van der Waals surface area contributed by atoms with Gasteiger partial charge < -0.3 is 15.4 Å². The van der Waals surface area contributed by atoms with Gasteiger partial charge in [-0.05, 0) is 32.1 Å². The van der Waals surface area contributed by atoms with Crippen LogP contribution in [0.3, 0.4) is 0 Å². The van der Waals surface area contributed by atoms with Crippen LogP contribution < -0.4 is 5.73 Å². The summed E-state index contributed by atoms with van der Waals surface area (Å²) < 4.78 is 24.9. The predicted molar refractivity (Wildman–Crippen MR) is 76.0 cm³/mol. The Balaban J connectivity index is 2.01. The molecule has 0 saturated carbocycles. The van der Waals surface area contributed by atoms with Crippen molar-refractivity contribution in [3.63, 3.8) is 0 Å². The van der Waals surface area contributed by atoms with Gasteiger partial charge >= 0.3 is 5.97 Å². The second-order valence-electron chi connectivity index (χ2n) is 5.83. The number of hydrogen-bond donors (Lipinski definition) is 2. The van der Waals surface area contributed by atoms with Crippen LogP contribution in [0.1, 0.15) is 59.8 Å². The molecule has 2 aliphatic heterocycles. The summed E-state index contributed by atoms with van der Waals surface area (Å²) in [6.07, 6.45) is 3.03. The molecule has 1 fully saturated rings. The summed E-state index contributed by atoms with van der Waals surface area (Å²) in [5.41, 5.74) is 6.89. The first kappa shape index (κ1) is 14.5. The Hall–Kier alpha value is -1.41. The molecule has 3 heterocycles. The molecule has 116 valence electrons. The van der Waals surface area contributed by atoms with Crippen LogP contribution in [0.15, 0.2) is 0 Å². The van der Waals surface area contributed by atoms with E-state index in [1.807, 2.05) is 4.57 Å². The van der Waals surface area contributed by atoms with Gasteiger partial charge in [-0.3, -0.25) is 0 Å². The quantitative estimate of drug-likeness (QED) is 0.829. The van der Waals surface area contributed by atoms with Gasteiger partial charge in [-0.15, -0.1) is 0 Å². The lowest BCUT2D eigenvalue weighted by Crippen LogP contribution is -2.30. The summed E-state index contributed by atoms with van der Waals surface area (Å²) in [5.74, 6) is -0.133. The number of imidazole rings is 1. The Kier molecular flexibility index (Phi) is 3.53. The molecule has 3 rings (SSSR count). The zero-order valence-corrected chi connectivity index (χ0v) is 12.5. The third-order valence-corrected chi connectivity index (χ3v) is 6.12. The van der Waals surface area contributed by atoms with E-state index in [0.717, 1.165) is 12.8 Å². The molecule has 0 bridgehead atoms. The van der Waals surface area contributed by atoms with Crippen molar-refractivity contribution in [1.29, 1.82) is 0 Å². The van der Waals surface area contributed by atoms with Gasteiger partial charge in [0.15, 0.2) is 5.69 Å². The summed E-state index contributed by atoms with van der Waals surface area (Å²) in [4.78, 5) is 15.7. The fourth-order valence-electron chi connectivity index (χ4n) is 3.31. The minimum atomic E-state index is -2.95. The molecule has 0 amide bonds. The highest BCUT2D eigenvalue weighted by Gasteiger charge is 2.34. The van der Waals surface area contributed by atoms with Gasteiger partial charge in [0.1, 0.15) is 15.7 Å². The normalized spacial score (nSPS) is 25.5. The minimum Gasteiger partial charge on any atom is -0.476 e. The van der Waals surface area contributed by atoms with Crippen molar-refractivity contribution >= 4 is 15.8 Å². The number of carbonyl (C=O) groups is 1. The lowest BCUT2D eigenvalue weighted by atomic mass is 10.0. The molecule has 7 nitrogen and oxygen atoms in total. The number of fused-ring (bicyclic) bond motifs is 1. The SMILES string of the molecule is NC1CCCc2c(C(=O)O)nc(C3CCS(=O)(=O)CC3)n21. The highest BCUT2D eigenvalue weighted by Crippen LogP contribution is 2.34. The maximum Gasteiger partial charge on any atom is 0.356 e. The highest BCUT2D eigenvalue weighted by molar-refractivity contribution is 7.91. The summed E-state index contributed by atoms with van der Waals surface area (Å²) in [5, 5.41) is 9.31. The fourth-order valence-corrected chi connectivity index (χ4v) is 4.80. The number of nitrogens with two attached hydrogens (primary N) is 1. The number of aromatic nitrogens is 2. The fraction of sp³-hybridized carbons (Fsp3) is 0.692. The van der Waals surface area contributed by atoms with E-state index in [2.05, 4.69) is 4.98 Å². The molecule has 3 N–H and O–H groups in total. The zero-order valence-electron chi connectivity index (χ0n) is 11.7. The average Bonchev–Trinajstić information content (AvgIpc) is 2.80. The molecule has 1 unspecified atom stereocenters. The Morgan fingerprint density at radius 2 is 1.95 bits per heavy atom. The van der Waals surface area contributed by atoms with Crippen molar-refractivity contribution in [2.75, 3.05) is 11.5 Å². The van der Waals surface area contributed by atoms with Gasteiger partial charge in [0, 0.05) is 5.92 Å². The number of nitrogens with zero attached hydrogens (tertiary/aromatic N) is 2. The monoisotopic (exact) mass is 313 g/mol. The lowest BCUT2D eigenvalue weighted by Gasteiger charge is -2.28. The largest absolute Gasteiger partial charge is 0.476 e. The van der Waals surface area contributed by atoms with Gasteiger partial charge in [0.25, 0.3) is 0 Å². The van der Waals surface area contributed by atoms with E-state index < -0.39 is 15.8 Å². The summed E-state index contributed by atoms with van der Waals surface area (Å²) in [7, 11) is -2.95. The first-order chi connectivity index (χ1) is 9.89. The van der Waals surface area contributed by atoms with Gasteiger partial charge in [-0.25, -0.2) is 18.2 Å². The van der Waals surface area contributed by atoms with Crippen LogP contribution in [0.25, 0.3) is 0 Å². The predicted octanol–water partition coefficient (Wildman–Crippen LogP) is 0.667. The Morgan fingerprint density at radius 1 is 1.29 bits per heavy atom. The molecule has 0 spiro atoms. The van der Waals surface area contributed by atoms with E-state index >= 15 is 0 Å². The van der Waals surface area contributed by atoms with Crippen molar-refractivity contribution in [2.24, 2.45) is 5.73 Å². The summed E-state index contributed by atoms with van der Waals surface area (Å²) in [6, 6.07) is 0. The molecule has 1 atom stereocenters. The van der Waals surface area contributed by atoms with Crippen LogP contribution in [0.5, 0.6) is 0 Å². The van der Waals surface area contributed by atoms with Crippen molar-refractivity contribution < 1.29 is 18.3 Å². The topological polar surface area (TPSA) is 115 Å². The van der Waals surface area contributed by atoms with Crippen molar-refractivity contribution in [1.82, 2.24) is 9.55 Å². The van der Waals surface area contributed by atoms with Crippen LogP contribution in [-0.4, -0.2) is 40.6 Å². The van der Waals surface area contributed by atoms with Crippen molar-refractivity contribution in [2.45, 2.75) is 44.2 Å². The van der Waals surface area contributed by atoms with E-state index in [1.54, 1.807) is 0 Å². The molecular weight excluding hydrogens is 294 g/mol. The minimum absolute atomic E-state index is 0.0236. The van der Waals surface area contributed by atoms with E-state index in [4.69, 9.17) is 5.73 Å². The second kappa shape index (κ2) is 5.10. The van der Waals surface area contributed by atoms with E-state index in [1.165, 1.54) is 0 Å². The number of sulfone groups is 1. The molecule has 2 aliphatic rings. The number of aromatic carboxylic acids is 1.